The van der Waals surface area contributed by atoms with E-state index in [1.807, 2.05) is 48.5 Å². The highest BCUT2D eigenvalue weighted by atomic mass is 32.2. The van der Waals surface area contributed by atoms with Gasteiger partial charge in [0.05, 0.1) is 20.0 Å². The van der Waals surface area contributed by atoms with Crippen LogP contribution in [0.1, 0.15) is 21.5 Å². The molecule has 0 unspecified atom stereocenters. The Morgan fingerprint density at radius 1 is 1.00 bits per heavy atom. The van der Waals surface area contributed by atoms with Crippen LogP contribution in [0.3, 0.4) is 0 Å². The number of rotatable bonds is 7. The van der Waals surface area contributed by atoms with Crippen LogP contribution in [0, 0.1) is 0 Å². The summed E-state index contributed by atoms with van der Waals surface area (Å²) in [6, 6.07) is 16.9. The summed E-state index contributed by atoms with van der Waals surface area (Å²) >= 11 is 0. The van der Waals surface area contributed by atoms with E-state index in [1.54, 1.807) is 20.3 Å². The maximum atomic E-state index is 12.9. The minimum absolute atomic E-state index is 0.0413. The van der Waals surface area contributed by atoms with Crippen LogP contribution in [0.5, 0.6) is 11.5 Å². The van der Waals surface area contributed by atoms with E-state index in [4.69, 9.17) is 9.47 Å². The van der Waals surface area contributed by atoms with Crippen molar-refractivity contribution in [1.82, 2.24) is 9.62 Å². The van der Waals surface area contributed by atoms with Gasteiger partial charge in [-0.2, -0.15) is 4.31 Å². The normalized spacial score (nSPS) is 14.1. The number of nitrogens with zero attached hydrogens (tertiary/aromatic N) is 1. The van der Waals surface area contributed by atoms with Crippen molar-refractivity contribution in [2.45, 2.75) is 13.0 Å². The Kier molecular flexibility index (Phi) is 6.34. The van der Waals surface area contributed by atoms with E-state index in [1.165, 1.54) is 4.31 Å². The molecule has 1 aliphatic heterocycles. The number of carbonyl (C=O) groups is 1. The monoisotopic (exact) mass is 454 g/mol. The van der Waals surface area contributed by atoms with E-state index in [0.29, 0.717) is 30.0 Å². The molecular formula is C24H26N2O5S. The van der Waals surface area contributed by atoms with Crippen LogP contribution in [-0.2, 0) is 23.0 Å². The highest BCUT2D eigenvalue weighted by Gasteiger charge is 2.28. The van der Waals surface area contributed by atoms with Crippen molar-refractivity contribution in [3.05, 3.63) is 71.3 Å². The Labute approximate surface area is 188 Å². The smallest absolute Gasteiger partial charge is 0.251 e. The van der Waals surface area contributed by atoms with Gasteiger partial charge in [-0.3, -0.25) is 4.79 Å². The van der Waals surface area contributed by atoms with E-state index in [9.17, 15) is 13.2 Å². The van der Waals surface area contributed by atoms with Crippen LogP contribution >= 0.6 is 0 Å². The first-order valence-electron chi connectivity index (χ1n) is 10.4. The number of fused-ring (bicyclic) bond motifs is 2. The van der Waals surface area contributed by atoms with Crippen molar-refractivity contribution in [2.24, 2.45) is 0 Å². The molecule has 0 atom stereocenters. The molecule has 0 spiro atoms. The van der Waals surface area contributed by atoms with Gasteiger partial charge in [0.2, 0.25) is 10.0 Å². The molecule has 32 heavy (non-hydrogen) atoms. The number of amides is 1. The molecule has 8 heteroatoms. The van der Waals surface area contributed by atoms with Crippen molar-refractivity contribution < 1.29 is 22.7 Å². The Bertz CT molecular complexity index is 1250. The predicted molar refractivity (Wildman–Crippen MR) is 124 cm³/mol. The molecule has 1 aliphatic rings. The predicted octanol–water partition coefficient (Wildman–Crippen LogP) is 2.97. The lowest BCUT2D eigenvalue weighted by Crippen LogP contribution is -2.40. The molecule has 0 bridgehead atoms. The number of ether oxygens (including phenoxy) is 2. The number of sulfonamides is 1. The van der Waals surface area contributed by atoms with Crippen LogP contribution in [-0.4, -0.2) is 51.7 Å². The molecule has 7 nitrogen and oxygen atoms in total. The first kappa shape index (κ1) is 22.1. The summed E-state index contributed by atoms with van der Waals surface area (Å²) in [5.41, 5.74) is 2.49. The van der Waals surface area contributed by atoms with Gasteiger partial charge in [-0.05, 0) is 46.5 Å². The molecular weight excluding hydrogens is 428 g/mol. The zero-order valence-corrected chi connectivity index (χ0v) is 18.9. The van der Waals surface area contributed by atoms with Gasteiger partial charge in [-0.25, -0.2) is 8.42 Å². The Morgan fingerprint density at radius 3 is 2.44 bits per heavy atom. The van der Waals surface area contributed by atoms with Crippen LogP contribution < -0.4 is 14.8 Å². The zero-order chi connectivity index (χ0) is 22.7. The van der Waals surface area contributed by atoms with E-state index in [-0.39, 0.29) is 24.7 Å². The van der Waals surface area contributed by atoms with Gasteiger partial charge in [0, 0.05) is 25.2 Å². The molecule has 4 rings (SSSR count). The quantitative estimate of drug-likeness (QED) is 0.593. The summed E-state index contributed by atoms with van der Waals surface area (Å²) in [5.74, 6) is 0.774. The van der Waals surface area contributed by atoms with Crippen LogP contribution in [0.2, 0.25) is 0 Å². The number of methoxy groups -OCH3 is 2. The van der Waals surface area contributed by atoms with Crippen molar-refractivity contribution in [1.29, 1.82) is 0 Å². The molecule has 0 saturated carbocycles. The highest BCUT2D eigenvalue weighted by molar-refractivity contribution is 7.89. The van der Waals surface area contributed by atoms with Crippen LogP contribution in [0.15, 0.2) is 54.6 Å². The SMILES string of the molecule is COc1cc2c(cc1OC)CN(S(=O)(=O)CCNC(=O)c1cccc3ccccc13)CC2. The average Bonchev–Trinajstić information content (AvgIpc) is 2.82. The second kappa shape index (κ2) is 9.18. The Hall–Kier alpha value is -3.10. The summed E-state index contributed by atoms with van der Waals surface area (Å²) in [6.07, 6.45) is 0.595. The molecule has 1 amide bonds. The summed E-state index contributed by atoms with van der Waals surface area (Å²) in [4.78, 5) is 12.7. The van der Waals surface area contributed by atoms with Gasteiger partial charge in [0.25, 0.3) is 5.91 Å². The molecule has 0 aromatic heterocycles. The first-order chi connectivity index (χ1) is 15.4. The molecule has 3 aromatic rings. The van der Waals surface area contributed by atoms with Gasteiger partial charge in [0.1, 0.15) is 0 Å². The topological polar surface area (TPSA) is 84.9 Å². The summed E-state index contributed by atoms with van der Waals surface area (Å²) in [6.45, 7) is 0.705. The summed E-state index contributed by atoms with van der Waals surface area (Å²) in [5, 5.41) is 4.56. The Morgan fingerprint density at radius 2 is 1.69 bits per heavy atom. The fraction of sp³-hybridized carbons (Fsp3) is 0.292. The third-order valence-electron chi connectivity index (χ3n) is 5.76. The minimum atomic E-state index is -3.54. The van der Waals surface area contributed by atoms with Gasteiger partial charge in [-0.15, -0.1) is 0 Å². The van der Waals surface area contributed by atoms with Crippen LogP contribution in [0.4, 0.5) is 0 Å². The minimum Gasteiger partial charge on any atom is -0.493 e. The lowest BCUT2D eigenvalue weighted by atomic mass is 10.0. The molecule has 0 saturated heterocycles. The van der Waals surface area contributed by atoms with E-state index in [0.717, 1.165) is 21.9 Å². The van der Waals surface area contributed by atoms with E-state index in [2.05, 4.69) is 5.32 Å². The number of benzene rings is 3. The molecule has 1 heterocycles. The van der Waals surface area contributed by atoms with E-state index < -0.39 is 10.0 Å². The molecule has 0 aliphatic carbocycles. The largest absolute Gasteiger partial charge is 0.493 e. The lowest BCUT2D eigenvalue weighted by molar-refractivity contribution is 0.0957. The average molecular weight is 455 g/mol. The van der Waals surface area contributed by atoms with E-state index >= 15 is 0 Å². The number of hydrogen-bond acceptors (Lipinski definition) is 5. The maximum Gasteiger partial charge on any atom is 0.251 e. The second-order valence-electron chi connectivity index (χ2n) is 7.66. The highest BCUT2D eigenvalue weighted by Crippen LogP contribution is 2.33. The van der Waals surface area contributed by atoms with Crippen molar-refractivity contribution >= 4 is 26.7 Å². The molecule has 1 N–H and O–H groups in total. The Balaban J connectivity index is 1.41. The third-order valence-corrected chi connectivity index (χ3v) is 7.57. The second-order valence-corrected chi connectivity index (χ2v) is 9.75. The van der Waals surface area contributed by atoms with Crippen molar-refractivity contribution in [3.8, 4) is 11.5 Å². The molecule has 0 fully saturated rings. The molecule has 0 radical (unpaired) electrons. The molecule has 168 valence electrons. The summed E-state index contributed by atoms with van der Waals surface area (Å²) in [7, 11) is -0.400. The maximum absolute atomic E-state index is 12.9. The van der Waals surface area contributed by atoms with Gasteiger partial charge >= 0.3 is 0 Å². The van der Waals surface area contributed by atoms with Crippen molar-refractivity contribution in [3.63, 3.8) is 0 Å². The standard InChI is InChI=1S/C24H26N2O5S/c1-30-22-14-18-10-12-26(16-19(18)15-23(22)31-2)32(28,29)13-11-25-24(27)21-9-5-7-17-6-3-4-8-20(17)21/h3-9,14-15H,10-13,16H2,1-2H3,(H,25,27). The number of nitrogens with one attached hydrogen (secondary N) is 1. The van der Waals surface area contributed by atoms with Crippen LogP contribution in [0.25, 0.3) is 10.8 Å². The van der Waals surface area contributed by atoms with Gasteiger partial charge in [-0.1, -0.05) is 36.4 Å². The fourth-order valence-electron chi connectivity index (χ4n) is 4.04. The third kappa shape index (κ3) is 4.42. The lowest BCUT2D eigenvalue weighted by Gasteiger charge is -2.29. The van der Waals surface area contributed by atoms with Crippen molar-refractivity contribution in [2.75, 3.05) is 33.1 Å². The molecule has 3 aromatic carbocycles. The fourth-order valence-corrected chi connectivity index (χ4v) is 5.36. The first-order valence-corrected chi connectivity index (χ1v) is 12.0. The number of carbonyl (C=O) groups excluding carboxylic acids is 1. The van der Waals surface area contributed by atoms with Gasteiger partial charge < -0.3 is 14.8 Å². The summed E-state index contributed by atoms with van der Waals surface area (Å²) < 4.78 is 38.0. The number of hydrogen-bond donors (Lipinski definition) is 1. The van der Waals surface area contributed by atoms with Gasteiger partial charge in [0.15, 0.2) is 11.5 Å². The zero-order valence-electron chi connectivity index (χ0n) is 18.1.